The maximum atomic E-state index is 11.9. The Morgan fingerprint density at radius 3 is 2.72 bits per heavy atom. The van der Waals surface area contributed by atoms with Gasteiger partial charge in [-0.3, -0.25) is 9.69 Å². The fraction of sp³-hybridized carbons (Fsp3) is 0.833. The van der Waals surface area contributed by atoms with Gasteiger partial charge in [-0.2, -0.15) is 5.26 Å². The number of carbonyl (C=O) groups excluding carboxylic acids is 1. The highest BCUT2D eigenvalue weighted by Crippen LogP contribution is 2.00. The van der Waals surface area contributed by atoms with Gasteiger partial charge in [-0.05, 0) is 6.92 Å². The summed E-state index contributed by atoms with van der Waals surface area (Å²) >= 11 is 0. The number of amides is 1. The van der Waals surface area contributed by atoms with Crippen molar-refractivity contribution in [3.8, 4) is 6.07 Å². The molecule has 1 amide bonds. The molecule has 6 nitrogen and oxygen atoms in total. The number of morpholine rings is 1. The average molecular weight is 254 g/mol. The smallest absolute Gasteiger partial charge is 0.239 e. The Balaban J connectivity index is 2.39. The minimum absolute atomic E-state index is 0.0847. The summed E-state index contributed by atoms with van der Waals surface area (Å²) in [5.74, 6) is -0.0847. The van der Waals surface area contributed by atoms with E-state index in [-0.39, 0.29) is 5.91 Å². The molecule has 18 heavy (non-hydrogen) atoms. The zero-order valence-electron chi connectivity index (χ0n) is 11.0. The van der Waals surface area contributed by atoms with E-state index in [1.54, 1.807) is 11.8 Å². The van der Waals surface area contributed by atoms with E-state index in [1.165, 1.54) is 0 Å². The first-order chi connectivity index (χ1) is 8.65. The standard InChI is InChI=1S/C12H22N4O2/c1-11(14)12(17)16(4-2-3-13)6-5-15-7-9-18-10-8-15/h11H,2,4-10,14H2,1H3/t11-/m0/s1. The third-order valence-corrected chi connectivity index (χ3v) is 2.98. The number of nitriles is 1. The first-order valence-electron chi connectivity index (χ1n) is 6.36. The monoisotopic (exact) mass is 254 g/mol. The summed E-state index contributed by atoms with van der Waals surface area (Å²) in [6.45, 7) is 6.88. The molecule has 0 spiro atoms. The summed E-state index contributed by atoms with van der Waals surface area (Å²) in [5, 5.41) is 8.61. The molecule has 1 atom stereocenters. The molecule has 0 aromatic carbocycles. The van der Waals surface area contributed by atoms with Gasteiger partial charge in [-0.25, -0.2) is 0 Å². The molecule has 0 bridgehead atoms. The molecule has 6 heteroatoms. The first kappa shape index (κ1) is 14.9. The van der Waals surface area contributed by atoms with Crippen molar-refractivity contribution in [1.82, 2.24) is 9.80 Å². The minimum atomic E-state index is -0.506. The Hall–Kier alpha value is -1.16. The van der Waals surface area contributed by atoms with Crippen LogP contribution in [-0.4, -0.2) is 67.7 Å². The van der Waals surface area contributed by atoms with Crippen molar-refractivity contribution in [2.24, 2.45) is 5.73 Å². The minimum Gasteiger partial charge on any atom is -0.379 e. The number of ether oxygens (including phenoxy) is 1. The fourth-order valence-corrected chi connectivity index (χ4v) is 1.89. The highest BCUT2D eigenvalue weighted by molar-refractivity contribution is 5.81. The fourth-order valence-electron chi connectivity index (χ4n) is 1.89. The summed E-state index contributed by atoms with van der Waals surface area (Å²) in [5.41, 5.74) is 5.61. The van der Waals surface area contributed by atoms with E-state index in [9.17, 15) is 4.79 Å². The Morgan fingerprint density at radius 2 is 2.17 bits per heavy atom. The lowest BCUT2D eigenvalue weighted by Gasteiger charge is -2.30. The molecule has 2 N–H and O–H groups in total. The van der Waals surface area contributed by atoms with Crippen LogP contribution in [-0.2, 0) is 9.53 Å². The summed E-state index contributed by atoms with van der Waals surface area (Å²) in [4.78, 5) is 15.8. The van der Waals surface area contributed by atoms with E-state index in [4.69, 9.17) is 15.7 Å². The van der Waals surface area contributed by atoms with Crippen LogP contribution in [0.4, 0.5) is 0 Å². The number of nitrogens with two attached hydrogens (primary N) is 1. The lowest BCUT2D eigenvalue weighted by Crippen LogP contribution is -2.47. The molecule has 0 aromatic rings. The lowest BCUT2D eigenvalue weighted by molar-refractivity contribution is -0.132. The third-order valence-electron chi connectivity index (χ3n) is 2.98. The number of nitrogens with zero attached hydrogens (tertiary/aromatic N) is 3. The number of hydrogen-bond acceptors (Lipinski definition) is 5. The number of hydrogen-bond donors (Lipinski definition) is 1. The Bertz CT molecular complexity index is 295. The van der Waals surface area contributed by atoms with E-state index in [1.807, 2.05) is 0 Å². The molecular weight excluding hydrogens is 232 g/mol. The molecular formula is C12H22N4O2. The largest absolute Gasteiger partial charge is 0.379 e. The highest BCUT2D eigenvalue weighted by atomic mass is 16.5. The summed E-state index contributed by atoms with van der Waals surface area (Å²) < 4.78 is 5.27. The van der Waals surface area contributed by atoms with Crippen molar-refractivity contribution in [2.75, 3.05) is 45.9 Å². The van der Waals surface area contributed by atoms with Crippen molar-refractivity contribution >= 4 is 5.91 Å². The second-order valence-electron chi connectivity index (χ2n) is 4.48. The zero-order chi connectivity index (χ0) is 13.4. The molecule has 0 radical (unpaired) electrons. The molecule has 1 saturated heterocycles. The van der Waals surface area contributed by atoms with E-state index < -0.39 is 6.04 Å². The van der Waals surface area contributed by atoms with E-state index >= 15 is 0 Å². The van der Waals surface area contributed by atoms with E-state index in [2.05, 4.69) is 11.0 Å². The lowest BCUT2D eigenvalue weighted by atomic mass is 10.2. The van der Waals surface area contributed by atoms with Crippen molar-refractivity contribution in [3.05, 3.63) is 0 Å². The van der Waals surface area contributed by atoms with Crippen LogP contribution in [0.25, 0.3) is 0 Å². The van der Waals surface area contributed by atoms with E-state index in [0.29, 0.717) is 19.5 Å². The molecule has 0 aromatic heterocycles. The number of rotatable bonds is 6. The zero-order valence-corrected chi connectivity index (χ0v) is 11.0. The summed E-state index contributed by atoms with van der Waals surface area (Å²) in [6.07, 6.45) is 0.349. The summed E-state index contributed by atoms with van der Waals surface area (Å²) in [6, 6.07) is 1.56. The van der Waals surface area contributed by atoms with Gasteiger partial charge in [0.1, 0.15) is 0 Å². The number of carbonyl (C=O) groups is 1. The second-order valence-corrected chi connectivity index (χ2v) is 4.48. The molecule has 1 aliphatic heterocycles. The van der Waals surface area contributed by atoms with Crippen LogP contribution in [0.15, 0.2) is 0 Å². The second kappa shape index (κ2) is 8.03. The molecule has 102 valence electrons. The van der Waals surface area contributed by atoms with Gasteiger partial charge in [0.2, 0.25) is 5.91 Å². The average Bonchev–Trinajstić information content (AvgIpc) is 2.39. The van der Waals surface area contributed by atoms with Gasteiger partial charge >= 0.3 is 0 Å². The van der Waals surface area contributed by atoms with Crippen molar-refractivity contribution in [1.29, 1.82) is 5.26 Å². The Labute approximate surface area is 108 Å². The predicted molar refractivity (Wildman–Crippen MR) is 67.7 cm³/mol. The topological polar surface area (TPSA) is 82.6 Å². The van der Waals surface area contributed by atoms with Crippen molar-refractivity contribution in [3.63, 3.8) is 0 Å². The Kier molecular flexibility index (Phi) is 6.65. The van der Waals surface area contributed by atoms with Gasteiger partial charge in [0.15, 0.2) is 0 Å². The molecule has 0 aliphatic carbocycles. The maximum Gasteiger partial charge on any atom is 0.239 e. The molecule has 0 unspecified atom stereocenters. The van der Waals surface area contributed by atoms with E-state index in [0.717, 1.165) is 32.8 Å². The molecule has 0 saturated carbocycles. The van der Waals surface area contributed by atoms with Gasteiger partial charge in [-0.15, -0.1) is 0 Å². The van der Waals surface area contributed by atoms with Crippen LogP contribution in [0.2, 0.25) is 0 Å². The first-order valence-corrected chi connectivity index (χ1v) is 6.36. The van der Waals surface area contributed by atoms with Gasteiger partial charge in [0.05, 0.1) is 31.7 Å². The van der Waals surface area contributed by atoms with Crippen LogP contribution in [0.3, 0.4) is 0 Å². The quantitative estimate of drug-likeness (QED) is 0.685. The maximum absolute atomic E-state index is 11.9. The van der Waals surface area contributed by atoms with Crippen LogP contribution in [0.5, 0.6) is 0 Å². The van der Waals surface area contributed by atoms with Gasteiger partial charge in [0, 0.05) is 32.7 Å². The highest BCUT2D eigenvalue weighted by Gasteiger charge is 2.18. The molecule has 1 fully saturated rings. The molecule has 1 aliphatic rings. The normalized spacial score (nSPS) is 18.1. The van der Waals surface area contributed by atoms with Crippen molar-refractivity contribution < 1.29 is 9.53 Å². The van der Waals surface area contributed by atoms with Crippen LogP contribution in [0, 0.1) is 11.3 Å². The van der Waals surface area contributed by atoms with Crippen LogP contribution < -0.4 is 5.73 Å². The molecule has 1 rings (SSSR count). The van der Waals surface area contributed by atoms with Crippen LogP contribution >= 0.6 is 0 Å². The van der Waals surface area contributed by atoms with Crippen molar-refractivity contribution in [2.45, 2.75) is 19.4 Å². The molecule has 1 heterocycles. The van der Waals surface area contributed by atoms with Crippen LogP contribution in [0.1, 0.15) is 13.3 Å². The summed E-state index contributed by atoms with van der Waals surface area (Å²) in [7, 11) is 0. The SMILES string of the molecule is C[C@H](N)C(=O)N(CCC#N)CCN1CCOCC1. The third kappa shape index (κ3) is 5.00. The van der Waals surface area contributed by atoms with Gasteiger partial charge in [0.25, 0.3) is 0 Å². The van der Waals surface area contributed by atoms with Gasteiger partial charge in [-0.1, -0.05) is 0 Å². The van der Waals surface area contributed by atoms with Gasteiger partial charge < -0.3 is 15.4 Å². The Morgan fingerprint density at radius 1 is 1.50 bits per heavy atom. The predicted octanol–water partition coefficient (Wildman–Crippen LogP) is -0.592.